The molecule has 1 saturated heterocycles. The second-order valence-electron chi connectivity index (χ2n) is 15.1. The quantitative estimate of drug-likeness (QED) is 0.323. The fraction of sp³-hybridized carbons (Fsp3) is 0.639. The van der Waals surface area contributed by atoms with E-state index in [2.05, 4.69) is 32.5 Å². The van der Waals surface area contributed by atoms with Crippen molar-refractivity contribution in [3.05, 3.63) is 58.6 Å². The van der Waals surface area contributed by atoms with Gasteiger partial charge in [0.25, 0.3) is 10.0 Å². The molecule has 1 aliphatic heterocycles. The average molecular weight is 762 g/mol. The highest BCUT2D eigenvalue weighted by molar-refractivity contribution is 9.10. The summed E-state index contributed by atoms with van der Waals surface area (Å²) >= 11 is 3.34. The minimum atomic E-state index is -4.02. The van der Waals surface area contributed by atoms with Gasteiger partial charge in [-0.05, 0) is 62.6 Å². The molecular formula is C36H45BrN2O9S. The van der Waals surface area contributed by atoms with Gasteiger partial charge in [0.15, 0.2) is 0 Å². The lowest BCUT2D eigenvalue weighted by atomic mass is 9.44. The number of methoxy groups -OCH3 is 3. The summed E-state index contributed by atoms with van der Waals surface area (Å²) in [7, 11) is 0.975. The number of ether oxygens (including phenoxy) is 4. The van der Waals surface area contributed by atoms with Crippen molar-refractivity contribution in [1.82, 2.24) is 4.90 Å². The number of likely N-dealkylation sites (tertiary alicyclic amines) is 1. The van der Waals surface area contributed by atoms with Gasteiger partial charge in [-0.3, -0.25) is 9.62 Å². The van der Waals surface area contributed by atoms with Crippen LogP contribution in [0.15, 0.2) is 57.9 Å². The van der Waals surface area contributed by atoms with E-state index >= 15 is 0 Å². The van der Waals surface area contributed by atoms with E-state index in [1.54, 1.807) is 57.7 Å². The van der Waals surface area contributed by atoms with Crippen LogP contribution in [0, 0.1) is 29.1 Å². The molecule has 5 saturated carbocycles. The highest BCUT2D eigenvalue weighted by atomic mass is 79.9. The number of hydrogen-bond donors (Lipinski definition) is 3. The zero-order valence-electron chi connectivity index (χ0n) is 28.2. The highest BCUT2D eigenvalue weighted by Gasteiger charge is 2.89. The molecule has 7 bridgehead atoms. The maximum atomic E-state index is 14.4. The summed E-state index contributed by atoms with van der Waals surface area (Å²) in [5.41, 5.74) is -4.38. The van der Waals surface area contributed by atoms with Crippen molar-refractivity contribution < 1.29 is 42.4 Å². The third-order valence-electron chi connectivity index (χ3n) is 13.7. The van der Waals surface area contributed by atoms with Gasteiger partial charge in [-0.15, -0.1) is 0 Å². The lowest BCUT2D eigenvalue weighted by molar-refractivity contribution is -0.337. The first kappa shape index (κ1) is 34.0. The molecule has 1 heterocycles. The summed E-state index contributed by atoms with van der Waals surface area (Å²) in [5, 5.41) is 25.9. The summed E-state index contributed by atoms with van der Waals surface area (Å²) in [5.74, 6) is -1.68. The number of sulfonamides is 1. The molecule has 2 aromatic rings. The molecule has 6 fully saturated rings. The summed E-state index contributed by atoms with van der Waals surface area (Å²) in [6, 6.07) is 12.8. The number of nitrogens with zero attached hydrogens (tertiary/aromatic N) is 1. The molecule has 6 aliphatic rings. The molecule has 1 unspecified atom stereocenters. The first-order valence-corrected chi connectivity index (χ1v) is 19.5. The van der Waals surface area contributed by atoms with Gasteiger partial charge in [0.1, 0.15) is 16.8 Å². The largest absolute Gasteiger partial charge is 0.454 e. The number of rotatable bonds is 9. The van der Waals surface area contributed by atoms with Crippen molar-refractivity contribution in [2.24, 2.45) is 29.1 Å². The van der Waals surface area contributed by atoms with Crippen LogP contribution in [0.4, 0.5) is 5.69 Å². The number of esters is 1. The van der Waals surface area contributed by atoms with E-state index in [0.717, 1.165) is 0 Å². The van der Waals surface area contributed by atoms with Gasteiger partial charge in [-0.2, -0.15) is 0 Å². The van der Waals surface area contributed by atoms with E-state index in [4.69, 9.17) is 18.9 Å². The molecule has 2 aromatic carbocycles. The Hall–Kier alpha value is -2.10. The number of fused-ring (bicyclic) bond motifs is 2. The Morgan fingerprint density at radius 2 is 1.82 bits per heavy atom. The van der Waals surface area contributed by atoms with Crippen LogP contribution in [-0.2, 0) is 29.0 Å². The van der Waals surface area contributed by atoms with Crippen LogP contribution >= 0.6 is 15.9 Å². The van der Waals surface area contributed by atoms with Gasteiger partial charge in [-0.1, -0.05) is 41.1 Å². The number of anilines is 1. The number of halogens is 1. The molecule has 0 radical (unpaired) electrons. The first-order chi connectivity index (χ1) is 23.4. The van der Waals surface area contributed by atoms with Crippen molar-refractivity contribution in [3.63, 3.8) is 0 Å². The van der Waals surface area contributed by atoms with Gasteiger partial charge in [0.2, 0.25) is 0 Å². The lowest BCUT2D eigenvalue weighted by Crippen LogP contribution is -2.83. The molecule has 11 nitrogen and oxygen atoms in total. The Labute approximate surface area is 295 Å². The molecule has 1 spiro atoms. The lowest BCUT2D eigenvalue weighted by Gasteiger charge is -2.70. The fourth-order valence-corrected chi connectivity index (χ4v) is 13.9. The number of aliphatic hydroxyl groups is 2. The smallest absolute Gasteiger partial charge is 0.340 e. The molecule has 5 aliphatic carbocycles. The van der Waals surface area contributed by atoms with E-state index in [1.807, 2.05) is 0 Å². The predicted molar refractivity (Wildman–Crippen MR) is 182 cm³/mol. The summed E-state index contributed by atoms with van der Waals surface area (Å²) in [6.45, 7) is 3.21. The second-order valence-corrected chi connectivity index (χ2v) is 17.7. The Kier molecular flexibility index (Phi) is 7.95. The van der Waals surface area contributed by atoms with Gasteiger partial charge in [0.05, 0.1) is 34.5 Å². The number of piperidine rings is 1. The molecule has 3 N–H and O–H groups in total. The van der Waals surface area contributed by atoms with Crippen LogP contribution < -0.4 is 4.72 Å². The minimum absolute atomic E-state index is 0.0555. The number of likely N-dealkylation sites (N-methyl/N-ethyl adjacent to an activating group) is 1. The SMILES string of the molecule is CCN1C[C@]2(OC(=O)c3ccccc3NS(=O)(=O)c3cccc(Br)c3)CC[C@H](OC)[C@]34C1[C@H](C[C@H]23)[C@@]1(O)C[C@H](OC)[C@H]2C[C@@H]4[C@]1(O)[C@H]2OC. The van der Waals surface area contributed by atoms with Crippen LogP contribution in [0.25, 0.3) is 0 Å². The topological polar surface area (TPSA) is 144 Å². The molecule has 49 heavy (non-hydrogen) atoms. The average Bonchev–Trinajstić information content (AvgIpc) is 3.51. The van der Waals surface area contributed by atoms with Gasteiger partial charge >= 0.3 is 5.97 Å². The van der Waals surface area contributed by atoms with Crippen molar-refractivity contribution in [2.75, 3.05) is 39.1 Å². The molecule has 12 atom stereocenters. The number of hydrogen-bond acceptors (Lipinski definition) is 10. The minimum Gasteiger partial charge on any atom is -0.454 e. The number of benzene rings is 2. The number of nitrogens with one attached hydrogen (secondary N) is 1. The molecule has 0 amide bonds. The van der Waals surface area contributed by atoms with Crippen molar-refractivity contribution in [2.45, 2.75) is 85.1 Å². The molecular weight excluding hydrogens is 716 g/mol. The van der Waals surface area contributed by atoms with E-state index in [-0.39, 0.29) is 52.1 Å². The Balaban J connectivity index is 1.21. The van der Waals surface area contributed by atoms with Crippen molar-refractivity contribution >= 4 is 37.6 Å². The maximum absolute atomic E-state index is 14.4. The number of para-hydroxylation sites is 1. The van der Waals surface area contributed by atoms with Gasteiger partial charge < -0.3 is 29.2 Å². The normalized spacial score (nSPS) is 43.3. The Morgan fingerprint density at radius 1 is 1.04 bits per heavy atom. The third-order valence-corrected chi connectivity index (χ3v) is 15.5. The first-order valence-electron chi connectivity index (χ1n) is 17.2. The van der Waals surface area contributed by atoms with E-state index in [0.29, 0.717) is 49.7 Å². The zero-order valence-corrected chi connectivity index (χ0v) is 30.6. The third kappa shape index (κ3) is 4.27. The molecule has 266 valence electrons. The van der Waals surface area contributed by atoms with Crippen LogP contribution in [0.1, 0.15) is 49.4 Å². The van der Waals surface area contributed by atoms with Crippen LogP contribution in [0.5, 0.6) is 0 Å². The van der Waals surface area contributed by atoms with Crippen LogP contribution in [0.3, 0.4) is 0 Å². The van der Waals surface area contributed by atoms with E-state index in [9.17, 15) is 23.4 Å². The Bertz CT molecular complexity index is 1780. The number of carbonyl (C=O) groups is 1. The second kappa shape index (κ2) is 11.4. The summed E-state index contributed by atoms with van der Waals surface area (Å²) in [4.78, 5) is 16.8. The van der Waals surface area contributed by atoms with Gasteiger partial charge in [-0.25, -0.2) is 13.2 Å². The van der Waals surface area contributed by atoms with Crippen LogP contribution in [-0.4, -0.2) is 105 Å². The molecule has 0 aromatic heterocycles. The number of carbonyl (C=O) groups excluding carboxylic acids is 1. The van der Waals surface area contributed by atoms with Crippen molar-refractivity contribution in [1.29, 1.82) is 0 Å². The standard InChI is InChI=1S/C36H45BrN2O9S/c1-5-39-19-33(48-32(40)22-11-6-7-12-25(22)38-49(43,44)21-10-8-9-20(37)15-21)14-13-29(46-3)35-27(33)17-24(30(35)39)34(41)18-26(45-2)23-16-28(35)36(34,42)31(23)47-4/h6-12,15,23-24,26-31,38,41-42H,5,13-14,16-19H2,1-4H3/t23-,24+,26+,27-,28+,29+,30?,31+,33-,34+,35+,36+/m1/s1. The zero-order chi connectivity index (χ0) is 34.7. The Morgan fingerprint density at radius 3 is 2.51 bits per heavy atom. The molecule has 8 rings (SSSR count). The van der Waals surface area contributed by atoms with E-state index < -0.39 is 50.2 Å². The highest BCUT2D eigenvalue weighted by Crippen LogP contribution is 2.79. The summed E-state index contributed by atoms with van der Waals surface area (Å²) in [6.07, 6.45) is 1.46. The van der Waals surface area contributed by atoms with E-state index in [1.165, 1.54) is 12.1 Å². The maximum Gasteiger partial charge on any atom is 0.340 e. The van der Waals surface area contributed by atoms with Crippen molar-refractivity contribution in [3.8, 4) is 0 Å². The molecule has 13 heteroatoms. The summed E-state index contributed by atoms with van der Waals surface area (Å²) < 4.78 is 55.3. The van der Waals surface area contributed by atoms with Crippen LogP contribution in [0.2, 0.25) is 0 Å². The van der Waals surface area contributed by atoms with Gasteiger partial charge in [0, 0.05) is 73.9 Å². The predicted octanol–water partition coefficient (Wildman–Crippen LogP) is 3.83. The fourth-order valence-electron chi connectivity index (χ4n) is 12.2. The monoisotopic (exact) mass is 760 g/mol.